The summed E-state index contributed by atoms with van der Waals surface area (Å²) in [6.07, 6.45) is 70.5. The van der Waals surface area contributed by atoms with Crippen molar-refractivity contribution < 1.29 is 24.9 Å². The van der Waals surface area contributed by atoms with Crippen molar-refractivity contribution in [2.75, 3.05) is 0 Å². The first kappa shape index (κ1) is 77.6. The Kier molecular flexibility index (Phi) is 65.9. The minimum absolute atomic E-state index is 0.0813. The maximum atomic E-state index is 12.5. The van der Waals surface area contributed by atoms with Gasteiger partial charge in [-0.15, -0.1) is 0 Å². The fourth-order valence-electron chi connectivity index (χ4n) is 11.0. The highest BCUT2D eigenvalue weighted by Gasteiger charge is 2.23. The Bertz CT molecular complexity index is 1180. The molecule has 0 spiro atoms. The van der Waals surface area contributed by atoms with Crippen molar-refractivity contribution in [2.24, 2.45) is 0 Å². The molecule has 0 aromatic carbocycles. The van der Waals surface area contributed by atoms with E-state index < -0.39 is 18.3 Å². The molecule has 0 aliphatic heterocycles. The van der Waals surface area contributed by atoms with Crippen LogP contribution in [0.4, 0.5) is 0 Å². The summed E-state index contributed by atoms with van der Waals surface area (Å²) in [5, 5.41) is 37.5. The second kappa shape index (κ2) is 65.4. The van der Waals surface area contributed by atoms with Gasteiger partial charge < -0.3 is 26.0 Å². The highest BCUT2D eigenvalue weighted by atomic mass is 16.3. The molecule has 0 rings (SSSR count). The first-order chi connectivity index (χ1) is 37.7. The summed E-state index contributed by atoms with van der Waals surface area (Å²) >= 11 is 0. The second-order valence-corrected chi connectivity index (χ2v) is 24.1. The zero-order valence-electron chi connectivity index (χ0n) is 53.1. The van der Waals surface area contributed by atoms with Crippen LogP contribution in [0, 0.1) is 0 Å². The lowest BCUT2D eigenvalue weighted by molar-refractivity contribution is -0.131. The maximum absolute atomic E-state index is 12.5. The number of amides is 2. The minimum Gasteiger partial charge on any atom is -0.391 e. The van der Waals surface area contributed by atoms with Crippen LogP contribution in [0.15, 0.2) is 12.2 Å². The first-order valence-electron chi connectivity index (χ1n) is 35.0. The Morgan fingerprint density at radius 2 is 0.558 bits per heavy atom. The molecule has 7 nitrogen and oxygen atoms in total. The van der Waals surface area contributed by atoms with Crippen LogP contribution in [0.2, 0.25) is 0 Å². The molecule has 2 amide bonds. The van der Waals surface area contributed by atoms with Gasteiger partial charge in [0, 0.05) is 6.42 Å². The van der Waals surface area contributed by atoms with Crippen molar-refractivity contribution in [3.8, 4) is 0 Å². The van der Waals surface area contributed by atoms with Gasteiger partial charge in [-0.1, -0.05) is 336 Å². The summed E-state index contributed by atoms with van der Waals surface area (Å²) in [7, 11) is 0. The average molecular weight is 1090 g/mol. The molecule has 0 aromatic heterocycles. The van der Waals surface area contributed by atoms with E-state index in [2.05, 4.69) is 57.4 Å². The molecule has 77 heavy (non-hydrogen) atoms. The van der Waals surface area contributed by atoms with Crippen molar-refractivity contribution in [1.82, 2.24) is 10.6 Å². The van der Waals surface area contributed by atoms with E-state index in [1.165, 1.54) is 270 Å². The third-order valence-electron chi connectivity index (χ3n) is 16.5. The summed E-state index contributed by atoms with van der Waals surface area (Å²) in [5.74, 6) is -0.187. The molecule has 0 radical (unpaired) electrons. The Balaban J connectivity index is 0. The zero-order valence-corrected chi connectivity index (χ0v) is 53.1. The van der Waals surface area contributed by atoms with E-state index in [0.29, 0.717) is 19.3 Å². The summed E-state index contributed by atoms with van der Waals surface area (Å²) < 4.78 is 0. The first-order valence-corrected chi connectivity index (χ1v) is 35.0. The molecule has 0 aliphatic rings. The molecule has 0 saturated heterocycles. The molecule has 0 saturated carbocycles. The van der Waals surface area contributed by atoms with Crippen LogP contribution in [0.5, 0.6) is 0 Å². The van der Waals surface area contributed by atoms with Crippen LogP contribution in [-0.2, 0) is 9.59 Å². The Hall–Kier alpha value is -1.44. The lowest BCUT2D eigenvalue weighted by atomic mass is 10.00. The third kappa shape index (κ3) is 59.0. The van der Waals surface area contributed by atoms with E-state index in [9.17, 15) is 24.9 Å². The van der Waals surface area contributed by atoms with Crippen LogP contribution in [0.3, 0.4) is 0 Å². The molecule has 0 fully saturated rings. The number of aliphatic hydroxyl groups excluding tert-OH is 3. The monoisotopic (exact) mass is 1090 g/mol. The van der Waals surface area contributed by atoms with Crippen molar-refractivity contribution in [3.05, 3.63) is 12.2 Å². The Morgan fingerprint density at radius 1 is 0.312 bits per heavy atom. The van der Waals surface area contributed by atoms with E-state index in [1.807, 2.05) is 6.92 Å². The van der Waals surface area contributed by atoms with Crippen LogP contribution in [0.1, 0.15) is 395 Å². The molecule has 5 N–H and O–H groups in total. The third-order valence-corrected chi connectivity index (χ3v) is 16.5. The van der Waals surface area contributed by atoms with E-state index in [1.54, 1.807) is 0 Å². The van der Waals surface area contributed by atoms with Crippen molar-refractivity contribution in [3.63, 3.8) is 0 Å². The van der Waals surface area contributed by atoms with Crippen LogP contribution >= 0.6 is 0 Å². The van der Waals surface area contributed by atoms with Gasteiger partial charge in [0.05, 0.1) is 24.3 Å². The largest absolute Gasteiger partial charge is 0.391 e. The number of allylic oxidation sites excluding steroid dienone is 2. The SMILES string of the molecule is CCCCCC/C=C\CCCCCCCCCC(O)C(CC)NC(=O)C(O)CCCCCCCCCCCCC.CCCCCCCCCCCCCCCC(O)C(CC)NC(=O)CCCCCCCCCCCCCC. The molecule has 0 heterocycles. The molecule has 0 bridgehead atoms. The maximum Gasteiger partial charge on any atom is 0.249 e. The second-order valence-electron chi connectivity index (χ2n) is 24.1. The molecule has 5 unspecified atom stereocenters. The number of nitrogens with one attached hydrogen (secondary N) is 2. The minimum atomic E-state index is -0.957. The van der Waals surface area contributed by atoms with E-state index in [0.717, 1.165) is 64.2 Å². The molecule has 460 valence electrons. The van der Waals surface area contributed by atoms with Gasteiger partial charge in [-0.3, -0.25) is 9.59 Å². The quantitative estimate of drug-likeness (QED) is 0.0307. The normalized spacial score (nSPS) is 13.6. The van der Waals surface area contributed by atoms with Gasteiger partial charge in [0.2, 0.25) is 11.8 Å². The van der Waals surface area contributed by atoms with Gasteiger partial charge in [-0.2, -0.15) is 0 Å². The van der Waals surface area contributed by atoms with E-state index in [4.69, 9.17) is 0 Å². The smallest absolute Gasteiger partial charge is 0.249 e. The van der Waals surface area contributed by atoms with E-state index >= 15 is 0 Å². The number of hydrogen-bond donors (Lipinski definition) is 5. The summed E-state index contributed by atoms with van der Waals surface area (Å²) in [6, 6.07) is -0.346. The van der Waals surface area contributed by atoms with Gasteiger partial charge in [0.15, 0.2) is 0 Å². The predicted octanol–water partition coefficient (Wildman–Crippen LogP) is 21.2. The highest BCUT2D eigenvalue weighted by Crippen LogP contribution is 2.19. The van der Waals surface area contributed by atoms with Crippen molar-refractivity contribution in [1.29, 1.82) is 0 Å². The molecule has 0 aliphatic carbocycles. The number of aliphatic hydroxyl groups is 3. The number of rotatable bonds is 61. The molecule has 7 heteroatoms. The van der Waals surface area contributed by atoms with E-state index in [-0.39, 0.29) is 23.9 Å². The van der Waals surface area contributed by atoms with Crippen LogP contribution < -0.4 is 10.6 Å². The zero-order chi connectivity index (χ0) is 56.8. The molecule has 0 aromatic rings. The molecule has 5 atom stereocenters. The van der Waals surface area contributed by atoms with Gasteiger partial charge in [0.25, 0.3) is 0 Å². The Labute approximate surface area is 482 Å². The Morgan fingerprint density at radius 3 is 0.870 bits per heavy atom. The standard InChI is InChI=1S/C36H71NO3.C34H69NO2/c1-4-7-9-11-13-15-17-18-19-20-22-23-25-27-29-31-34(38)33(6-3)37-36(40)35(39)32-30-28-26-24-21-16-14-12-10-8-5-2;1-4-7-9-11-13-15-17-19-20-22-24-26-28-30-33(36)32(6-3)35-34(37)31-29-27-25-23-21-18-16-14-12-10-8-5-2/h15,17,33-35,38-39H,4-14,16,18-32H2,1-3H3,(H,37,40);32-33,36H,4-31H2,1-3H3,(H,35,37)/b17-15-;. The summed E-state index contributed by atoms with van der Waals surface area (Å²) in [4.78, 5) is 24.8. The highest BCUT2D eigenvalue weighted by molar-refractivity contribution is 5.80. The van der Waals surface area contributed by atoms with Crippen molar-refractivity contribution in [2.45, 2.75) is 425 Å². The lowest BCUT2D eigenvalue weighted by Crippen LogP contribution is -2.47. The van der Waals surface area contributed by atoms with Crippen LogP contribution in [-0.4, -0.2) is 57.5 Å². The number of unbranched alkanes of at least 4 members (excludes halogenated alkanes) is 44. The molecular formula is C70H140N2O5. The van der Waals surface area contributed by atoms with Gasteiger partial charge >= 0.3 is 0 Å². The summed E-state index contributed by atoms with van der Waals surface area (Å²) in [6.45, 7) is 13.1. The number of hydrogen-bond acceptors (Lipinski definition) is 5. The van der Waals surface area contributed by atoms with Gasteiger partial charge in [-0.05, 0) is 64.2 Å². The van der Waals surface area contributed by atoms with Gasteiger partial charge in [0.1, 0.15) is 6.10 Å². The van der Waals surface area contributed by atoms with Crippen LogP contribution in [0.25, 0.3) is 0 Å². The lowest BCUT2D eigenvalue weighted by Gasteiger charge is -2.24. The molecular weight excluding hydrogens is 949 g/mol. The predicted molar refractivity (Wildman–Crippen MR) is 339 cm³/mol. The van der Waals surface area contributed by atoms with Gasteiger partial charge in [-0.25, -0.2) is 0 Å². The summed E-state index contributed by atoms with van der Waals surface area (Å²) in [5.41, 5.74) is 0. The van der Waals surface area contributed by atoms with Crippen molar-refractivity contribution >= 4 is 11.8 Å². The number of carbonyl (C=O) groups is 2. The average Bonchev–Trinajstić information content (AvgIpc) is 3.43. The number of carbonyl (C=O) groups excluding carboxylic acids is 2. The topological polar surface area (TPSA) is 119 Å². The fourth-order valence-corrected chi connectivity index (χ4v) is 11.0. The fraction of sp³-hybridized carbons (Fsp3) is 0.943.